The highest BCUT2D eigenvalue weighted by atomic mass is 32.2. The number of aryl methyl sites for hydroxylation is 1. The van der Waals surface area contributed by atoms with Gasteiger partial charge in [0, 0.05) is 51.9 Å². The number of para-hydroxylation sites is 1. The molecule has 0 bridgehead atoms. The normalized spacial score (nSPS) is 17.2. The molecule has 1 aromatic carbocycles. The maximum atomic E-state index is 13.2. The lowest BCUT2D eigenvalue weighted by atomic mass is 10.2. The van der Waals surface area contributed by atoms with E-state index in [0.717, 1.165) is 10.9 Å². The molecule has 160 valence electrons. The van der Waals surface area contributed by atoms with Gasteiger partial charge in [-0.2, -0.15) is 4.31 Å². The van der Waals surface area contributed by atoms with E-state index in [2.05, 4.69) is 9.88 Å². The summed E-state index contributed by atoms with van der Waals surface area (Å²) in [5.41, 5.74) is 1.48. The van der Waals surface area contributed by atoms with Gasteiger partial charge in [-0.25, -0.2) is 21.1 Å². The molecule has 0 unspecified atom stereocenters. The highest BCUT2D eigenvalue weighted by Crippen LogP contribution is 2.25. The number of nitrogens with zero attached hydrogens (tertiary/aromatic N) is 4. The zero-order chi connectivity index (χ0) is 21.2. The summed E-state index contributed by atoms with van der Waals surface area (Å²) in [6, 6.07) is 7.16. The molecule has 0 spiro atoms. The zero-order valence-electron chi connectivity index (χ0n) is 17.1. The van der Waals surface area contributed by atoms with Crippen molar-refractivity contribution in [2.45, 2.75) is 18.2 Å². The summed E-state index contributed by atoms with van der Waals surface area (Å²) >= 11 is 0. The second kappa shape index (κ2) is 8.65. The molecule has 1 fully saturated rings. The van der Waals surface area contributed by atoms with Crippen molar-refractivity contribution in [3.63, 3.8) is 0 Å². The predicted octanol–water partition coefficient (Wildman–Crippen LogP) is 1.13. The first-order valence-corrected chi connectivity index (χ1v) is 12.6. The van der Waals surface area contributed by atoms with Crippen LogP contribution < -0.4 is 0 Å². The second-order valence-corrected chi connectivity index (χ2v) is 11.7. The number of piperazine rings is 1. The van der Waals surface area contributed by atoms with Crippen LogP contribution in [0.3, 0.4) is 0 Å². The minimum Gasteiger partial charge on any atom is -0.301 e. The van der Waals surface area contributed by atoms with Crippen molar-refractivity contribution in [3.05, 3.63) is 36.0 Å². The topological polar surface area (TPSA) is 90.9 Å². The summed E-state index contributed by atoms with van der Waals surface area (Å²) in [7, 11) is -3.78. The van der Waals surface area contributed by atoms with Crippen LogP contribution in [0.15, 0.2) is 35.4 Å². The third kappa shape index (κ3) is 4.95. The largest absolute Gasteiger partial charge is 0.301 e. The molecule has 2 aromatic rings. The fourth-order valence-corrected chi connectivity index (χ4v) is 5.88. The molecule has 0 atom stereocenters. The standard InChI is InChI=1S/C19H28N4O4S2/c1-16-14-17-6-4-7-18(19(17)20-15-16)29(26,27)23-11-9-22(10-12-23)8-5-13-28(24,25)21(2)3/h4,6-7,14-15H,5,8-13H2,1-3H3. The third-order valence-corrected chi connectivity index (χ3v) is 9.04. The van der Waals surface area contributed by atoms with Crippen LogP contribution in [0, 0.1) is 6.92 Å². The SMILES string of the molecule is Cc1cnc2c(S(=O)(=O)N3CCN(CCCS(=O)(=O)N(C)C)CC3)cccc2c1. The molecule has 3 rings (SSSR count). The summed E-state index contributed by atoms with van der Waals surface area (Å²) in [5.74, 6) is 0.0968. The molecule has 2 heterocycles. The minimum absolute atomic E-state index is 0.0968. The summed E-state index contributed by atoms with van der Waals surface area (Å²) in [4.78, 5) is 6.71. The van der Waals surface area contributed by atoms with Crippen LogP contribution in [0.1, 0.15) is 12.0 Å². The van der Waals surface area contributed by atoms with Gasteiger partial charge in [0.05, 0.1) is 11.3 Å². The van der Waals surface area contributed by atoms with E-state index >= 15 is 0 Å². The van der Waals surface area contributed by atoms with Crippen molar-refractivity contribution >= 4 is 30.9 Å². The van der Waals surface area contributed by atoms with Crippen molar-refractivity contribution in [1.82, 2.24) is 18.5 Å². The number of rotatable bonds is 7. The molecule has 29 heavy (non-hydrogen) atoms. The average Bonchev–Trinajstić information content (AvgIpc) is 2.67. The van der Waals surface area contributed by atoms with Gasteiger partial charge < -0.3 is 4.90 Å². The van der Waals surface area contributed by atoms with Crippen LogP contribution in [0.25, 0.3) is 10.9 Å². The monoisotopic (exact) mass is 440 g/mol. The maximum Gasteiger partial charge on any atom is 0.245 e. The number of benzene rings is 1. The van der Waals surface area contributed by atoms with E-state index in [0.29, 0.717) is 44.7 Å². The summed E-state index contributed by atoms with van der Waals surface area (Å²) < 4.78 is 52.8. The van der Waals surface area contributed by atoms with E-state index in [1.807, 2.05) is 19.1 Å². The van der Waals surface area contributed by atoms with Gasteiger partial charge in [0.25, 0.3) is 0 Å². The Balaban J connectivity index is 1.65. The number of aromatic nitrogens is 1. The van der Waals surface area contributed by atoms with E-state index in [9.17, 15) is 16.8 Å². The van der Waals surface area contributed by atoms with Crippen molar-refractivity contribution in [3.8, 4) is 0 Å². The molecule has 0 radical (unpaired) electrons. The van der Waals surface area contributed by atoms with Gasteiger partial charge in [0.1, 0.15) is 4.90 Å². The van der Waals surface area contributed by atoms with Crippen molar-refractivity contribution in [2.75, 3.05) is 52.6 Å². The predicted molar refractivity (Wildman–Crippen MR) is 114 cm³/mol. The van der Waals surface area contributed by atoms with Gasteiger partial charge in [-0.05, 0) is 37.6 Å². The first kappa shape index (κ1) is 22.1. The van der Waals surface area contributed by atoms with E-state index in [1.54, 1.807) is 18.3 Å². The van der Waals surface area contributed by atoms with Crippen LogP contribution in [-0.2, 0) is 20.0 Å². The highest BCUT2D eigenvalue weighted by Gasteiger charge is 2.30. The Bertz CT molecular complexity index is 1080. The number of hydrogen-bond acceptors (Lipinski definition) is 6. The number of fused-ring (bicyclic) bond motifs is 1. The Morgan fingerprint density at radius 2 is 1.76 bits per heavy atom. The molecule has 10 heteroatoms. The van der Waals surface area contributed by atoms with Crippen molar-refractivity contribution in [1.29, 1.82) is 0 Å². The lowest BCUT2D eigenvalue weighted by molar-refractivity contribution is 0.189. The lowest BCUT2D eigenvalue weighted by Crippen LogP contribution is -2.49. The average molecular weight is 441 g/mol. The second-order valence-electron chi connectivity index (χ2n) is 7.54. The Labute approximate surface area is 173 Å². The third-order valence-electron chi connectivity index (χ3n) is 5.19. The molecule has 1 aromatic heterocycles. The Kier molecular flexibility index (Phi) is 6.59. The fraction of sp³-hybridized carbons (Fsp3) is 0.526. The maximum absolute atomic E-state index is 13.2. The van der Waals surface area contributed by atoms with Gasteiger partial charge in [-0.15, -0.1) is 0 Å². The molecule has 1 aliphatic heterocycles. The summed E-state index contributed by atoms with van der Waals surface area (Å²) in [5, 5.41) is 0.812. The van der Waals surface area contributed by atoms with Crippen LogP contribution in [0.4, 0.5) is 0 Å². The molecular weight excluding hydrogens is 412 g/mol. The fourth-order valence-electron chi connectivity index (χ4n) is 3.44. The van der Waals surface area contributed by atoms with Gasteiger partial charge in [-0.1, -0.05) is 12.1 Å². The van der Waals surface area contributed by atoms with Gasteiger partial charge in [0.15, 0.2) is 0 Å². The molecule has 1 aliphatic rings. The van der Waals surface area contributed by atoms with E-state index < -0.39 is 20.0 Å². The zero-order valence-corrected chi connectivity index (χ0v) is 18.7. The van der Waals surface area contributed by atoms with Gasteiger partial charge >= 0.3 is 0 Å². The molecule has 0 N–H and O–H groups in total. The molecule has 1 saturated heterocycles. The summed E-state index contributed by atoms with van der Waals surface area (Å²) in [6.45, 7) is 4.49. The highest BCUT2D eigenvalue weighted by molar-refractivity contribution is 7.89. The smallest absolute Gasteiger partial charge is 0.245 e. The van der Waals surface area contributed by atoms with Gasteiger partial charge in [-0.3, -0.25) is 4.98 Å². The number of sulfonamides is 2. The molecule has 8 nitrogen and oxygen atoms in total. The van der Waals surface area contributed by atoms with Crippen LogP contribution in [0.2, 0.25) is 0 Å². The number of pyridine rings is 1. The first-order valence-electron chi connectivity index (χ1n) is 9.59. The number of hydrogen-bond donors (Lipinski definition) is 0. The molecule has 0 aliphatic carbocycles. The quantitative estimate of drug-likeness (QED) is 0.641. The Morgan fingerprint density at radius 3 is 2.41 bits per heavy atom. The van der Waals surface area contributed by atoms with Crippen molar-refractivity contribution in [2.24, 2.45) is 0 Å². The summed E-state index contributed by atoms with van der Waals surface area (Å²) in [6.07, 6.45) is 2.21. The van der Waals surface area contributed by atoms with Crippen LogP contribution >= 0.6 is 0 Å². The van der Waals surface area contributed by atoms with E-state index in [4.69, 9.17) is 0 Å². The Morgan fingerprint density at radius 1 is 1.07 bits per heavy atom. The molecule has 0 amide bonds. The first-order chi connectivity index (χ1) is 13.6. The molecular formula is C19H28N4O4S2. The Hall–Kier alpha value is -1.59. The van der Waals surface area contributed by atoms with Crippen LogP contribution in [-0.4, -0.2) is 87.9 Å². The van der Waals surface area contributed by atoms with E-state index in [1.165, 1.54) is 22.7 Å². The van der Waals surface area contributed by atoms with Gasteiger partial charge in [0.2, 0.25) is 20.0 Å². The molecule has 0 saturated carbocycles. The van der Waals surface area contributed by atoms with Crippen molar-refractivity contribution < 1.29 is 16.8 Å². The minimum atomic E-state index is -3.64. The van der Waals surface area contributed by atoms with Crippen LogP contribution in [0.5, 0.6) is 0 Å². The lowest BCUT2D eigenvalue weighted by Gasteiger charge is -2.34. The van der Waals surface area contributed by atoms with E-state index in [-0.39, 0.29) is 10.6 Å².